The average molecular weight is 319 g/mol. The lowest BCUT2D eigenvalue weighted by molar-refractivity contribution is 0.0771. The van der Waals surface area contributed by atoms with Crippen molar-refractivity contribution in [3.8, 4) is 0 Å². The molecule has 6 heteroatoms. The van der Waals surface area contributed by atoms with Gasteiger partial charge in [0.25, 0.3) is 5.91 Å². The summed E-state index contributed by atoms with van der Waals surface area (Å²) in [4.78, 5) is 14.0. The van der Waals surface area contributed by atoms with Crippen molar-refractivity contribution < 1.29 is 9.18 Å². The number of amides is 1. The maximum Gasteiger partial charge on any atom is 0.255 e. The Bertz CT molecular complexity index is 449. The number of hydrogen-bond donors (Lipinski definition) is 1. The zero-order valence-corrected chi connectivity index (χ0v) is 11.5. The van der Waals surface area contributed by atoms with Gasteiger partial charge in [-0.05, 0) is 28.1 Å². The molecule has 3 nitrogen and oxygen atoms in total. The predicted octanol–water partition coefficient (Wildman–Crippen LogP) is 2.36. The highest BCUT2D eigenvalue weighted by Gasteiger charge is 2.21. The summed E-state index contributed by atoms with van der Waals surface area (Å²) in [6.07, 6.45) is 0. The molecule has 1 aromatic rings. The number of carbonyl (C=O) groups excluding carboxylic acids is 1. The van der Waals surface area contributed by atoms with Gasteiger partial charge in [-0.1, -0.05) is 0 Å². The molecular weight excluding hydrogens is 307 g/mol. The average Bonchev–Trinajstić information content (AvgIpc) is 2.34. The van der Waals surface area contributed by atoms with E-state index in [0.717, 1.165) is 24.6 Å². The molecule has 0 bridgehead atoms. The van der Waals surface area contributed by atoms with Gasteiger partial charge in [0.2, 0.25) is 0 Å². The summed E-state index contributed by atoms with van der Waals surface area (Å²) in [7, 11) is 0. The van der Waals surface area contributed by atoms with Crippen molar-refractivity contribution in [2.45, 2.75) is 0 Å². The van der Waals surface area contributed by atoms with Crippen molar-refractivity contribution in [1.29, 1.82) is 0 Å². The van der Waals surface area contributed by atoms with Crippen LogP contribution in [-0.2, 0) is 0 Å². The van der Waals surface area contributed by atoms with Crippen molar-refractivity contribution in [3.05, 3.63) is 28.0 Å². The lowest BCUT2D eigenvalue weighted by atomic mass is 10.1. The molecule has 0 aliphatic carbocycles. The minimum atomic E-state index is -0.511. The number of nitrogens with two attached hydrogens (primary N) is 1. The predicted molar refractivity (Wildman–Crippen MR) is 71.7 cm³/mol. The highest BCUT2D eigenvalue weighted by atomic mass is 79.9. The van der Waals surface area contributed by atoms with Crippen LogP contribution in [0, 0.1) is 5.82 Å². The SMILES string of the molecule is Nc1cc(C(=O)N2CCSCC2)c(Br)cc1F. The second kappa shape index (κ2) is 5.27. The van der Waals surface area contributed by atoms with Gasteiger partial charge in [-0.3, -0.25) is 4.79 Å². The molecule has 1 heterocycles. The van der Waals surface area contributed by atoms with Crippen molar-refractivity contribution in [2.75, 3.05) is 30.3 Å². The molecule has 17 heavy (non-hydrogen) atoms. The van der Waals surface area contributed by atoms with E-state index in [-0.39, 0.29) is 11.6 Å². The fourth-order valence-corrected chi connectivity index (χ4v) is 3.05. The zero-order valence-electron chi connectivity index (χ0n) is 9.08. The van der Waals surface area contributed by atoms with Crippen LogP contribution in [0.5, 0.6) is 0 Å². The van der Waals surface area contributed by atoms with Gasteiger partial charge >= 0.3 is 0 Å². The highest BCUT2D eigenvalue weighted by Crippen LogP contribution is 2.25. The fourth-order valence-electron chi connectivity index (χ4n) is 1.67. The molecule has 0 atom stereocenters. The summed E-state index contributed by atoms with van der Waals surface area (Å²) in [6, 6.07) is 2.63. The first-order valence-corrected chi connectivity index (χ1v) is 7.16. The van der Waals surface area contributed by atoms with E-state index in [9.17, 15) is 9.18 Å². The first-order chi connectivity index (χ1) is 8.09. The van der Waals surface area contributed by atoms with Gasteiger partial charge in [0.15, 0.2) is 0 Å². The summed E-state index contributed by atoms with van der Waals surface area (Å²) < 4.78 is 13.6. The minimum absolute atomic E-state index is 0.00272. The Morgan fingerprint density at radius 1 is 1.41 bits per heavy atom. The second-order valence-electron chi connectivity index (χ2n) is 3.76. The van der Waals surface area contributed by atoms with Crippen LogP contribution in [0.25, 0.3) is 0 Å². The van der Waals surface area contributed by atoms with Gasteiger partial charge in [-0.2, -0.15) is 11.8 Å². The summed E-state index contributed by atoms with van der Waals surface area (Å²) in [5.41, 5.74) is 5.92. The number of benzene rings is 1. The number of thioether (sulfide) groups is 1. The van der Waals surface area contributed by atoms with Crippen LogP contribution in [0.15, 0.2) is 16.6 Å². The molecule has 0 radical (unpaired) electrons. The summed E-state index contributed by atoms with van der Waals surface area (Å²) >= 11 is 5.03. The number of halogens is 2. The van der Waals surface area contributed by atoms with Crippen molar-refractivity contribution >= 4 is 39.3 Å². The van der Waals surface area contributed by atoms with Crippen LogP contribution in [0.4, 0.5) is 10.1 Å². The Morgan fingerprint density at radius 2 is 2.06 bits per heavy atom. The van der Waals surface area contributed by atoms with E-state index in [1.54, 1.807) is 4.90 Å². The Balaban J connectivity index is 2.26. The van der Waals surface area contributed by atoms with Crippen molar-refractivity contribution in [2.24, 2.45) is 0 Å². The number of nitrogen functional groups attached to an aromatic ring is 1. The van der Waals surface area contributed by atoms with Gasteiger partial charge < -0.3 is 10.6 Å². The third-order valence-electron chi connectivity index (χ3n) is 2.62. The van der Waals surface area contributed by atoms with Gasteiger partial charge in [0.1, 0.15) is 5.82 Å². The first kappa shape index (κ1) is 12.7. The Kier molecular flexibility index (Phi) is 3.93. The summed E-state index contributed by atoms with van der Waals surface area (Å²) in [5, 5.41) is 0. The molecule has 0 spiro atoms. The lowest BCUT2D eigenvalue weighted by Gasteiger charge is -2.26. The van der Waals surface area contributed by atoms with E-state index >= 15 is 0 Å². The van der Waals surface area contributed by atoms with Crippen molar-refractivity contribution in [3.63, 3.8) is 0 Å². The van der Waals surface area contributed by atoms with Crippen LogP contribution < -0.4 is 5.73 Å². The second-order valence-corrected chi connectivity index (χ2v) is 5.84. The van der Waals surface area contributed by atoms with E-state index in [2.05, 4.69) is 15.9 Å². The number of nitrogens with zero attached hydrogens (tertiary/aromatic N) is 1. The smallest absolute Gasteiger partial charge is 0.255 e. The number of carbonyl (C=O) groups is 1. The summed E-state index contributed by atoms with van der Waals surface area (Å²) in [5.74, 6) is 1.28. The molecular formula is C11H12BrFN2OS. The van der Waals surface area contributed by atoms with Crippen LogP contribution in [-0.4, -0.2) is 35.4 Å². The van der Waals surface area contributed by atoms with Gasteiger partial charge in [0.05, 0.1) is 11.3 Å². The normalized spacial score (nSPS) is 16.0. The van der Waals surface area contributed by atoms with Crippen LogP contribution in [0.3, 0.4) is 0 Å². The molecule has 0 saturated carbocycles. The molecule has 92 valence electrons. The van der Waals surface area contributed by atoms with Crippen LogP contribution in [0.1, 0.15) is 10.4 Å². The maximum absolute atomic E-state index is 13.2. The Morgan fingerprint density at radius 3 is 2.71 bits per heavy atom. The van der Waals surface area contributed by atoms with Crippen LogP contribution in [0.2, 0.25) is 0 Å². The molecule has 1 saturated heterocycles. The first-order valence-electron chi connectivity index (χ1n) is 5.21. The number of hydrogen-bond acceptors (Lipinski definition) is 3. The van der Waals surface area contributed by atoms with E-state index in [4.69, 9.17) is 5.73 Å². The van der Waals surface area contributed by atoms with Gasteiger partial charge in [-0.15, -0.1) is 0 Å². The number of anilines is 1. The van der Waals surface area contributed by atoms with E-state index in [1.165, 1.54) is 12.1 Å². The third-order valence-corrected chi connectivity index (χ3v) is 4.21. The number of rotatable bonds is 1. The molecule has 0 unspecified atom stereocenters. The van der Waals surface area contributed by atoms with E-state index in [0.29, 0.717) is 10.0 Å². The monoisotopic (exact) mass is 318 g/mol. The summed E-state index contributed by atoms with van der Waals surface area (Å²) in [6.45, 7) is 1.46. The Hall–Kier alpha value is -0.750. The standard InChI is InChI=1S/C11H12BrFN2OS/c12-8-6-9(13)10(14)5-7(8)11(16)15-1-3-17-4-2-15/h5-6H,1-4,14H2. The largest absolute Gasteiger partial charge is 0.396 e. The molecule has 2 rings (SSSR count). The molecule has 1 aliphatic rings. The van der Waals surface area contributed by atoms with Crippen LogP contribution >= 0.6 is 27.7 Å². The topological polar surface area (TPSA) is 46.3 Å². The zero-order chi connectivity index (χ0) is 12.4. The van der Waals surface area contributed by atoms with E-state index in [1.807, 2.05) is 11.8 Å². The minimum Gasteiger partial charge on any atom is -0.396 e. The molecule has 1 aliphatic heterocycles. The Labute approximate surface area is 112 Å². The third kappa shape index (κ3) is 2.74. The molecule has 0 aromatic heterocycles. The molecule has 1 aromatic carbocycles. The van der Waals surface area contributed by atoms with E-state index < -0.39 is 5.82 Å². The van der Waals surface area contributed by atoms with Crippen molar-refractivity contribution in [1.82, 2.24) is 4.90 Å². The molecule has 1 fully saturated rings. The van der Waals surface area contributed by atoms with Gasteiger partial charge in [-0.25, -0.2) is 4.39 Å². The molecule has 2 N–H and O–H groups in total. The highest BCUT2D eigenvalue weighted by molar-refractivity contribution is 9.10. The fraction of sp³-hybridized carbons (Fsp3) is 0.364. The lowest BCUT2D eigenvalue weighted by Crippen LogP contribution is -2.38. The van der Waals surface area contributed by atoms with Gasteiger partial charge in [0, 0.05) is 29.1 Å². The molecule has 1 amide bonds. The quantitative estimate of drug-likeness (QED) is 0.809. The maximum atomic E-state index is 13.2.